The molecule has 1 aromatic rings. The van der Waals surface area contributed by atoms with Crippen LogP contribution in [0.4, 0.5) is 0 Å². The third-order valence-electron chi connectivity index (χ3n) is 4.03. The van der Waals surface area contributed by atoms with Crippen molar-refractivity contribution < 1.29 is 5.11 Å². The van der Waals surface area contributed by atoms with Gasteiger partial charge < -0.3 is 10.4 Å². The van der Waals surface area contributed by atoms with Crippen molar-refractivity contribution in [1.82, 2.24) is 5.32 Å². The Bertz CT molecular complexity index is 364. The second kappa shape index (κ2) is 6.91. The van der Waals surface area contributed by atoms with E-state index in [9.17, 15) is 0 Å². The van der Waals surface area contributed by atoms with Crippen molar-refractivity contribution >= 4 is 0 Å². The van der Waals surface area contributed by atoms with Gasteiger partial charge in [-0.3, -0.25) is 0 Å². The van der Waals surface area contributed by atoms with Gasteiger partial charge >= 0.3 is 0 Å². The fourth-order valence-electron chi connectivity index (χ4n) is 2.79. The van der Waals surface area contributed by atoms with Gasteiger partial charge in [-0.25, -0.2) is 0 Å². The van der Waals surface area contributed by atoms with E-state index in [1.807, 2.05) is 12.1 Å². The summed E-state index contributed by atoms with van der Waals surface area (Å²) in [5, 5.41) is 12.8. The van der Waals surface area contributed by atoms with Gasteiger partial charge in [-0.1, -0.05) is 44.0 Å². The summed E-state index contributed by atoms with van der Waals surface area (Å²) < 4.78 is 0. The Hall–Kier alpha value is -0.860. The van der Waals surface area contributed by atoms with Gasteiger partial charge in [-0.2, -0.15) is 0 Å². The van der Waals surface area contributed by atoms with Crippen molar-refractivity contribution in [2.45, 2.75) is 58.2 Å². The van der Waals surface area contributed by atoms with E-state index in [-0.39, 0.29) is 6.61 Å². The molecule has 0 aliphatic heterocycles. The summed E-state index contributed by atoms with van der Waals surface area (Å²) in [7, 11) is 0. The first kappa shape index (κ1) is 13.6. The SMILES string of the molecule is CC1CCCC(NCc2cccc(CO)c2)CC1. The zero-order valence-corrected chi connectivity index (χ0v) is 11.4. The summed E-state index contributed by atoms with van der Waals surface area (Å²) in [5.74, 6) is 0.898. The van der Waals surface area contributed by atoms with Gasteiger partial charge in [0.1, 0.15) is 0 Å². The Morgan fingerprint density at radius 1 is 1.17 bits per heavy atom. The van der Waals surface area contributed by atoms with Crippen LogP contribution in [-0.2, 0) is 13.2 Å². The monoisotopic (exact) mass is 247 g/mol. The molecule has 1 aliphatic rings. The van der Waals surface area contributed by atoms with Gasteiger partial charge in [0.05, 0.1) is 6.61 Å². The molecular formula is C16H25NO. The first-order valence-electron chi connectivity index (χ1n) is 7.20. The van der Waals surface area contributed by atoms with E-state index >= 15 is 0 Å². The first-order valence-corrected chi connectivity index (χ1v) is 7.20. The number of benzene rings is 1. The van der Waals surface area contributed by atoms with Crippen molar-refractivity contribution in [3.05, 3.63) is 35.4 Å². The molecule has 2 unspecified atom stereocenters. The minimum atomic E-state index is 0.134. The standard InChI is InChI=1S/C16H25NO/c1-13-4-2-7-16(9-8-13)17-11-14-5-3-6-15(10-14)12-18/h3,5-6,10,13,16-18H,2,4,7-9,11-12H2,1H3. The maximum atomic E-state index is 9.12. The summed E-state index contributed by atoms with van der Waals surface area (Å²) in [6, 6.07) is 8.89. The van der Waals surface area contributed by atoms with Crippen LogP contribution in [0.3, 0.4) is 0 Å². The molecule has 2 rings (SSSR count). The number of rotatable bonds is 4. The molecule has 100 valence electrons. The molecule has 0 aromatic heterocycles. The third kappa shape index (κ3) is 4.11. The van der Waals surface area contributed by atoms with Crippen LogP contribution in [0.25, 0.3) is 0 Å². The van der Waals surface area contributed by atoms with Crippen LogP contribution in [0.15, 0.2) is 24.3 Å². The molecule has 1 aromatic carbocycles. The van der Waals surface area contributed by atoms with Crippen molar-refractivity contribution in [2.24, 2.45) is 5.92 Å². The van der Waals surface area contributed by atoms with E-state index in [1.54, 1.807) is 0 Å². The van der Waals surface area contributed by atoms with Crippen LogP contribution in [0, 0.1) is 5.92 Å². The van der Waals surface area contributed by atoms with Gasteiger partial charge in [0.15, 0.2) is 0 Å². The molecule has 0 bridgehead atoms. The fourth-order valence-corrected chi connectivity index (χ4v) is 2.79. The second-order valence-electron chi connectivity index (χ2n) is 5.67. The van der Waals surface area contributed by atoms with Gasteiger partial charge in [0, 0.05) is 12.6 Å². The Balaban J connectivity index is 1.83. The Morgan fingerprint density at radius 2 is 2.00 bits per heavy atom. The highest BCUT2D eigenvalue weighted by molar-refractivity contribution is 5.22. The minimum absolute atomic E-state index is 0.134. The topological polar surface area (TPSA) is 32.3 Å². The Morgan fingerprint density at radius 3 is 2.83 bits per heavy atom. The average molecular weight is 247 g/mol. The fraction of sp³-hybridized carbons (Fsp3) is 0.625. The lowest BCUT2D eigenvalue weighted by Crippen LogP contribution is -2.27. The zero-order chi connectivity index (χ0) is 12.8. The van der Waals surface area contributed by atoms with Crippen LogP contribution in [0.1, 0.15) is 50.2 Å². The number of hydrogen-bond donors (Lipinski definition) is 2. The summed E-state index contributed by atoms with van der Waals surface area (Å²) in [4.78, 5) is 0. The molecule has 0 saturated heterocycles. The molecule has 2 N–H and O–H groups in total. The van der Waals surface area contributed by atoms with Crippen molar-refractivity contribution in [3.63, 3.8) is 0 Å². The highest BCUT2D eigenvalue weighted by Crippen LogP contribution is 2.22. The normalized spacial score (nSPS) is 24.8. The molecule has 0 spiro atoms. The summed E-state index contributed by atoms with van der Waals surface area (Å²) >= 11 is 0. The average Bonchev–Trinajstić information content (AvgIpc) is 2.61. The number of aliphatic hydroxyl groups is 1. The van der Waals surface area contributed by atoms with E-state index in [0.717, 1.165) is 18.0 Å². The highest BCUT2D eigenvalue weighted by Gasteiger charge is 2.15. The molecule has 1 fully saturated rings. The molecule has 0 amide bonds. The zero-order valence-electron chi connectivity index (χ0n) is 11.4. The largest absolute Gasteiger partial charge is 0.392 e. The minimum Gasteiger partial charge on any atom is -0.392 e. The van der Waals surface area contributed by atoms with Crippen molar-refractivity contribution in [2.75, 3.05) is 0 Å². The number of nitrogens with one attached hydrogen (secondary N) is 1. The molecule has 18 heavy (non-hydrogen) atoms. The van der Waals surface area contributed by atoms with Gasteiger partial charge in [-0.05, 0) is 36.3 Å². The summed E-state index contributed by atoms with van der Waals surface area (Å²) in [6.07, 6.45) is 6.72. The lowest BCUT2D eigenvalue weighted by molar-refractivity contribution is 0.281. The molecule has 2 heteroatoms. The van der Waals surface area contributed by atoms with E-state index in [2.05, 4.69) is 24.4 Å². The summed E-state index contributed by atoms with van der Waals surface area (Å²) in [5.41, 5.74) is 2.28. The maximum Gasteiger partial charge on any atom is 0.0681 e. The van der Waals surface area contributed by atoms with Crippen molar-refractivity contribution in [1.29, 1.82) is 0 Å². The molecule has 1 saturated carbocycles. The summed E-state index contributed by atoms with van der Waals surface area (Å²) in [6.45, 7) is 3.43. The van der Waals surface area contributed by atoms with E-state index in [0.29, 0.717) is 6.04 Å². The Kier molecular flexibility index (Phi) is 5.21. The van der Waals surface area contributed by atoms with E-state index in [1.165, 1.54) is 37.7 Å². The predicted octanol–water partition coefficient (Wildman–Crippen LogP) is 3.24. The first-order chi connectivity index (χ1) is 8.78. The van der Waals surface area contributed by atoms with Gasteiger partial charge in [0.25, 0.3) is 0 Å². The molecule has 2 atom stereocenters. The van der Waals surface area contributed by atoms with Crippen LogP contribution in [-0.4, -0.2) is 11.1 Å². The third-order valence-corrected chi connectivity index (χ3v) is 4.03. The van der Waals surface area contributed by atoms with Crippen LogP contribution in [0.2, 0.25) is 0 Å². The smallest absolute Gasteiger partial charge is 0.0681 e. The van der Waals surface area contributed by atoms with Gasteiger partial charge in [0.2, 0.25) is 0 Å². The second-order valence-corrected chi connectivity index (χ2v) is 5.67. The lowest BCUT2D eigenvalue weighted by atomic mass is 10.0. The van der Waals surface area contributed by atoms with Gasteiger partial charge in [-0.15, -0.1) is 0 Å². The molecule has 0 radical (unpaired) electrons. The Labute approximate surface area is 110 Å². The predicted molar refractivity (Wildman–Crippen MR) is 75.2 cm³/mol. The molecule has 0 heterocycles. The van der Waals surface area contributed by atoms with Crippen molar-refractivity contribution in [3.8, 4) is 0 Å². The molecule has 1 aliphatic carbocycles. The lowest BCUT2D eigenvalue weighted by Gasteiger charge is -2.16. The van der Waals surface area contributed by atoms with E-state index < -0.39 is 0 Å². The van der Waals surface area contributed by atoms with E-state index in [4.69, 9.17) is 5.11 Å². The number of aliphatic hydroxyl groups excluding tert-OH is 1. The van der Waals surface area contributed by atoms with Crippen LogP contribution < -0.4 is 5.32 Å². The molecule has 2 nitrogen and oxygen atoms in total. The highest BCUT2D eigenvalue weighted by atomic mass is 16.3. The number of hydrogen-bond acceptors (Lipinski definition) is 2. The van der Waals surface area contributed by atoms with Crippen LogP contribution in [0.5, 0.6) is 0 Å². The van der Waals surface area contributed by atoms with Crippen LogP contribution >= 0.6 is 0 Å². The molecular weight excluding hydrogens is 222 g/mol. The maximum absolute atomic E-state index is 9.12. The quantitative estimate of drug-likeness (QED) is 0.801.